The Kier molecular flexibility index (Phi) is 11.3. The molecule has 2 fully saturated rings. The third-order valence-corrected chi connectivity index (χ3v) is 9.69. The summed E-state index contributed by atoms with van der Waals surface area (Å²) < 4.78 is 17.3. The zero-order valence-electron chi connectivity index (χ0n) is 25.6. The summed E-state index contributed by atoms with van der Waals surface area (Å²) in [5.74, 6) is 1.78. The molecule has 2 aliphatic rings. The summed E-state index contributed by atoms with van der Waals surface area (Å²) in [6, 6.07) is 14.7. The van der Waals surface area contributed by atoms with Gasteiger partial charge in [-0.1, -0.05) is 30.7 Å². The van der Waals surface area contributed by atoms with Crippen molar-refractivity contribution in [3.63, 3.8) is 0 Å². The molecule has 0 unspecified atom stereocenters. The van der Waals surface area contributed by atoms with E-state index < -0.39 is 8.38 Å². The van der Waals surface area contributed by atoms with Crippen LogP contribution in [0.25, 0.3) is 0 Å². The Morgan fingerprint density at radius 1 is 0.977 bits per heavy atom. The summed E-state index contributed by atoms with van der Waals surface area (Å²) in [4.78, 5) is 16.7. The standard InChI is InChI=1S/C31H43ClN7O3P/c1-5-20-42-28-21-23(10-11-27(28)39-14-12-24(13-15-39)38-18-16-37(2)17-19-38)34-31-33-22-25(32)30(36-31)35-26-8-6-7-9-29(26)43(40-3)41-4/h6-11,21-22,24H,5,12-20H2,1-4H3,(H2,33,34,35,36). The van der Waals surface area contributed by atoms with Gasteiger partial charge in [0.15, 0.2) is 5.82 Å². The van der Waals surface area contributed by atoms with E-state index >= 15 is 0 Å². The van der Waals surface area contributed by atoms with Crippen molar-refractivity contribution in [2.45, 2.75) is 32.2 Å². The lowest BCUT2D eigenvalue weighted by molar-refractivity contribution is 0.0981. The van der Waals surface area contributed by atoms with E-state index in [4.69, 9.17) is 25.4 Å². The minimum atomic E-state index is -1.24. The topological polar surface area (TPSA) is 87.2 Å². The van der Waals surface area contributed by atoms with Gasteiger partial charge in [0, 0.05) is 71.3 Å². The fourth-order valence-electron chi connectivity index (χ4n) is 5.62. The Balaban J connectivity index is 1.29. The van der Waals surface area contributed by atoms with Gasteiger partial charge in [0.1, 0.15) is 10.8 Å². The second-order valence-corrected chi connectivity index (χ2v) is 13.0. The van der Waals surface area contributed by atoms with Crippen molar-refractivity contribution >= 4 is 54.1 Å². The second-order valence-electron chi connectivity index (χ2n) is 10.9. The highest BCUT2D eigenvalue weighted by molar-refractivity contribution is 7.56. The number of nitrogens with one attached hydrogen (secondary N) is 2. The maximum Gasteiger partial charge on any atom is 0.229 e. The van der Waals surface area contributed by atoms with Crippen molar-refractivity contribution in [2.75, 3.05) is 82.7 Å². The number of hydrogen-bond donors (Lipinski definition) is 2. The number of para-hydroxylation sites is 1. The Labute approximate surface area is 261 Å². The van der Waals surface area contributed by atoms with Gasteiger partial charge >= 0.3 is 0 Å². The summed E-state index contributed by atoms with van der Waals surface area (Å²) in [5.41, 5.74) is 2.79. The van der Waals surface area contributed by atoms with E-state index in [1.165, 1.54) is 25.9 Å². The summed E-state index contributed by atoms with van der Waals surface area (Å²) in [7, 11) is 4.24. The fourth-order valence-corrected chi connectivity index (χ4v) is 6.84. The van der Waals surface area contributed by atoms with Crippen molar-refractivity contribution in [1.82, 2.24) is 19.8 Å². The molecule has 0 amide bonds. The van der Waals surface area contributed by atoms with Crippen LogP contribution in [0.3, 0.4) is 0 Å². The first kappa shape index (κ1) is 31.7. The van der Waals surface area contributed by atoms with Crippen LogP contribution in [-0.2, 0) is 9.05 Å². The molecule has 12 heteroatoms. The summed E-state index contributed by atoms with van der Waals surface area (Å²) in [6.07, 6.45) is 4.87. The lowest BCUT2D eigenvalue weighted by Crippen LogP contribution is -2.52. The molecule has 10 nitrogen and oxygen atoms in total. The SMILES string of the molecule is CCCOc1cc(Nc2ncc(Cl)c(Nc3ccccc3P(OC)OC)n2)ccc1N1CCC(N2CCN(C)CC2)CC1. The van der Waals surface area contributed by atoms with Crippen molar-refractivity contribution in [1.29, 1.82) is 0 Å². The van der Waals surface area contributed by atoms with E-state index in [0.29, 0.717) is 29.4 Å². The molecule has 2 aliphatic heterocycles. The Hall–Kier alpha value is -2.72. The van der Waals surface area contributed by atoms with E-state index in [2.05, 4.69) is 61.4 Å². The first-order valence-electron chi connectivity index (χ1n) is 15.0. The van der Waals surface area contributed by atoms with Crippen LogP contribution >= 0.6 is 20.0 Å². The predicted molar refractivity (Wildman–Crippen MR) is 177 cm³/mol. The van der Waals surface area contributed by atoms with Crippen molar-refractivity contribution in [3.05, 3.63) is 53.7 Å². The van der Waals surface area contributed by atoms with E-state index in [9.17, 15) is 0 Å². The van der Waals surface area contributed by atoms with Crippen LogP contribution in [0.2, 0.25) is 5.02 Å². The molecule has 3 heterocycles. The zero-order chi connectivity index (χ0) is 30.2. The van der Waals surface area contributed by atoms with Crippen molar-refractivity contribution in [2.24, 2.45) is 0 Å². The molecule has 43 heavy (non-hydrogen) atoms. The van der Waals surface area contributed by atoms with Crippen LogP contribution < -0.4 is 25.6 Å². The molecule has 232 valence electrons. The van der Waals surface area contributed by atoms with E-state index in [1.54, 1.807) is 20.4 Å². The smallest absolute Gasteiger partial charge is 0.229 e. The van der Waals surface area contributed by atoms with Crippen molar-refractivity contribution < 1.29 is 13.8 Å². The molecule has 0 atom stereocenters. The van der Waals surface area contributed by atoms with Gasteiger partial charge in [0.05, 0.1) is 29.5 Å². The second kappa shape index (κ2) is 15.3. The van der Waals surface area contributed by atoms with Crippen LogP contribution in [0.4, 0.5) is 28.8 Å². The average molecular weight is 628 g/mol. The summed E-state index contributed by atoms with van der Waals surface area (Å²) in [6.45, 7) is 9.50. The maximum absolute atomic E-state index is 6.50. The molecule has 2 aromatic carbocycles. The molecule has 1 aromatic heterocycles. The summed E-state index contributed by atoms with van der Waals surface area (Å²) >= 11 is 6.50. The highest BCUT2D eigenvalue weighted by Gasteiger charge is 2.28. The van der Waals surface area contributed by atoms with Gasteiger partial charge in [-0.25, -0.2) is 4.98 Å². The third kappa shape index (κ3) is 8.06. The normalized spacial score (nSPS) is 16.9. The number of ether oxygens (including phenoxy) is 1. The monoisotopic (exact) mass is 627 g/mol. The van der Waals surface area contributed by atoms with Gasteiger partial charge in [-0.05, 0) is 50.6 Å². The maximum atomic E-state index is 6.50. The zero-order valence-corrected chi connectivity index (χ0v) is 27.2. The number of likely N-dealkylation sites (N-methyl/N-ethyl adjacent to an activating group) is 1. The molecule has 3 aromatic rings. The highest BCUT2D eigenvalue weighted by Crippen LogP contribution is 2.39. The average Bonchev–Trinajstić information content (AvgIpc) is 3.03. The van der Waals surface area contributed by atoms with Gasteiger partial charge in [-0.2, -0.15) is 4.98 Å². The molecule has 0 bridgehead atoms. The number of halogens is 1. The quantitative estimate of drug-likeness (QED) is 0.238. The lowest BCUT2D eigenvalue weighted by atomic mass is 10.0. The van der Waals surface area contributed by atoms with Gasteiger partial charge in [-0.15, -0.1) is 0 Å². The van der Waals surface area contributed by atoms with Gasteiger partial charge < -0.3 is 34.2 Å². The number of aromatic nitrogens is 2. The van der Waals surface area contributed by atoms with Crippen LogP contribution in [0, 0.1) is 0 Å². The number of piperidine rings is 1. The number of nitrogens with zero attached hydrogens (tertiary/aromatic N) is 5. The number of benzene rings is 2. The molecule has 2 saturated heterocycles. The lowest BCUT2D eigenvalue weighted by Gasteiger charge is -2.42. The molecule has 0 spiro atoms. The van der Waals surface area contributed by atoms with Gasteiger partial charge in [0.25, 0.3) is 0 Å². The largest absolute Gasteiger partial charge is 0.491 e. The molecular formula is C31H43ClN7O3P. The first-order valence-corrected chi connectivity index (χ1v) is 16.5. The van der Waals surface area contributed by atoms with Crippen LogP contribution in [0.15, 0.2) is 48.7 Å². The van der Waals surface area contributed by atoms with E-state index in [1.807, 2.05) is 30.3 Å². The first-order chi connectivity index (χ1) is 21.0. The molecule has 0 aliphatic carbocycles. The molecular weight excluding hydrogens is 585 g/mol. The number of rotatable bonds is 12. The van der Waals surface area contributed by atoms with E-state index in [-0.39, 0.29) is 0 Å². The molecule has 0 radical (unpaired) electrons. The third-order valence-electron chi connectivity index (χ3n) is 7.97. The Morgan fingerprint density at radius 3 is 2.44 bits per heavy atom. The Bertz CT molecular complexity index is 1330. The minimum absolute atomic E-state index is 0.404. The van der Waals surface area contributed by atoms with Crippen LogP contribution in [-0.4, -0.2) is 93.0 Å². The number of anilines is 5. The Morgan fingerprint density at radius 2 is 1.72 bits per heavy atom. The van der Waals surface area contributed by atoms with Gasteiger partial charge in [-0.3, -0.25) is 4.90 Å². The number of piperazine rings is 1. The fraction of sp³-hybridized carbons (Fsp3) is 0.484. The summed E-state index contributed by atoms with van der Waals surface area (Å²) in [5, 5.41) is 7.98. The molecule has 0 saturated carbocycles. The number of hydrogen-bond acceptors (Lipinski definition) is 10. The van der Waals surface area contributed by atoms with Crippen LogP contribution in [0.5, 0.6) is 5.75 Å². The highest BCUT2D eigenvalue weighted by atomic mass is 35.5. The molecule has 5 rings (SSSR count). The van der Waals surface area contributed by atoms with Crippen LogP contribution in [0.1, 0.15) is 26.2 Å². The van der Waals surface area contributed by atoms with E-state index in [0.717, 1.165) is 60.7 Å². The molecule has 2 N–H and O–H groups in total. The van der Waals surface area contributed by atoms with Gasteiger partial charge in [0.2, 0.25) is 14.3 Å². The minimum Gasteiger partial charge on any atom is -0.491 e. The predicted octanol–water partition coefficient (Wildman–Crippen LogP) is 5.85. The van der Waals surface area contributed by atoms with Crippen molar-refractivity contribution in [3.8, 4) is 5.75 Å².